The molecule has 4 nitrogen and oxygen atoms in total. The van der Waals surface area contributed by atoms with E-state index in [2.05, 4.69) is 26.1 Å². The summed E-state index contributed by atoms with van der Waals surface area (Å²) in [6.07, 6.45) is -1.01. The molecule has 0 saturated carbocycles. The third-order valence-corrected chi connectivity index (χ3v) is 3.69. The average Bonchev–Trinajstić information content (AvgIpc) is 2.56. The summed E-state index contributed by atoms with van der Waals surface area (Å²) in [6.45, 7) is 8.84. The van der Waals surface area contributed by atoms with E-state index in [9.17, 15) is 9.90 Å². The van der Waals surface area contributed by atoms with Crippen molar-refractivity contribution in [3.63, 3.8) is 0 Å². The van der Waals surface area contributed by atoms with Gasteiger partial charge in [-0.25, -0.2) is 0 Å². The molecule has 2 heterocycles. The maximum atomic E-state index is 11.1. The first-order valence-corrected chi connectivity index (χ1v) is 5.59. The SMILES string of the molecule is CC(C)(C)C1C2CNCC2CN1C(=O)[O-]. The summed E-state index contributed by atoms with van der Waals surface area (Å²) in [5.74, 6) is 0.940. The van der Waals surface area contributed by atoms with Gasteiger partial charge in [-0.3, -0.25) is 0 Å². The zero-order valence-electron chi connectivity index (χ0n) is 9.62. The smallest absolute Gasteiger partial charge is 0.137 e. The van der Waals surface area contributed by atoms with Crippen molar-refractivity contribution in [2.75, 3.05) is 19.6 Å². The molecule has 4 heteroatoms. The van der Waals surface area contributed by atoms with Gasteiger partial charge in [-0.2, -0.15) is 0 Å². The zero-order chi connectivity index (χ0) is 11.2. The zero-order valence-corrected chi connectivity index (χ0v) is 9.62. The number of hydrogen-bond donors (Lipinski definition) is 1. The van der Waals surface area contributed by atoms with Crippen LogP contribution >= 0.6 is 0 Å². The fourth-order valence-electron chi connectivity index (χ4n) is 3.22. The summed E-state index contributed by atoms with van der Waals surface area (Å²) in [7, 11) is 0. The van der Waals surface area contributed by atoms with E-state index < -0.39 is 6.09 Å². The lowest BCUT2D eigenvalue weighted by molar-refractivity contribution is -0.268. The lowest BCUT2D eigenvalue weighted by Crippen LogP contribution is -2.51. The van der Waals surface area contributed by atoms with Crippen LogP contribution in [0.1, 0.15) is 20.8 Å². The fourth-order valence-corrected chi connectivity index (χ4v) is 3.22. The van der Waals surface area contributed by atoms with Crippen LogP contribution in [0.15, 0.2) is 0 Å². The number of fused-ring (bicyclic) bond motifs is 1. The third-order valence-electron chi connectivity index (χ3n) is 3.69. The Morgan fingerprint density at radius 2 is 2.07 bits per heavy atom. The van der Waals surface area contributed by atoms with Crippen molar-refractivity contribution in [2.24, 2.45) is 17.3 Å². The predicted octanol–water partition coefficient (Wildman–Crippen LogP) is -0.104. The summed E-state index contributed by atoms with van der Waals surface area (Å²) in [4.78, 5) is 12.6. The molecule has 2 fully saturated rings. The van der Waals surface area contributed by atoms with Gasteiger partial charge in [0, 0.05) is 25.7 Å². The molecule has 0 aromatic heterocycles. The number of nitrogens with one attached hydrogen (secondary N) is 1. The molecule has 3 atom stereocenters. The summed E-state index contributed by atoms with van der Waals surface area (Å²) < 4.78 is 0. The molecule has 1 amide bonds. The van der Waals surface area contributed by atoms with E-state index >= 15 is 0 Å². The molecule has 2 aliphatic heterocycles. The lowest BCUT2D eigenvalue weighted by Gasteiger charge is -2.39. The van der Waals surface area contributed by atoms with Crippen molar-refractivity contribution in [1.82, 2.24) is 10.2 Å². The molecule has 86 valence electrons. The highest BCUT2D eigenvalue weighted by atomic mass is 16.4. The van der Waals surface area contributed by atoms with E-state index in [-0.39, 0.29) is 11.5 Å². The highest BCUT2D eigenvalue weighted by Crippen LogP contribution is 2.41. The minimum absolute atomic E-state index is 0.00843. The second-order valence-electron chi connectivity index (χ2n) is 5.81. The number of amides is 1. The summed E-state index contributed by atoms with van der Waals surface area (Å²) in [5, 5.41) is 14.4. The molecule has 2 aliphatic rings. The van der Waals surface area contributed by atoms with Crippen LogP contribution in [0.4, 0.5) is 4.79 Å². The van der Waals surface area contributed by atoms with Gasteiger partial charge in [0.05, 0.1) is 0 Å². The highest BCUT2D eigenvalue weighted by Gasteiger charge is 2.48. The van der Waals surface area contributed by atoms with Gasteiger partial charge in [-0.05, 0) is 17.3 Å². The Labute approximate surface area is 90.6 Å². The monoisotopic (exact) mass is 211 g/mol. The van der Waals surface area contributed by atoms with Crippen LogP contribution in [-0.4, -0.2) is 36.7 Å². The molecule has 0 bridgehead atoms. The number of likely N-dealkylation sites (tertiary alicyclic amines) is 1. The maximum absolute atomic E-state index is 11.1. The Morgan fingerprint density at radius 1 is 1.40 bits per heavy atom. The standard InChI is InChI=1S/C11H20N2O2/c1-11(2,3)9-8-5-12-4-7(8)6-13(9)10(14)15/h7-9,12H,4-6H2,1-3H3,(H,14,15)/p-1. The molecule has 0 radical (unpaired) electrons. The number of hydrogen-bond acceptors (Lipinski definition) is 3. The van der Waals surface area contributed by atoms with Crippen LogP contribution in [0.2, 0.25) is 0 Å². The molecular weight excluding hydrogens is 192 g/mol. The molecule has 0 aromatic rings. The molecule has 15 heavy (non-hydrogen) atoms. The van der Waals surface area contributed by atoms with Crippen LogP contribution < -0.4 is 10.4 Å². The van der Waals surface area contributed by atoms with Crippen LogP contribution in [0, 0.1) is 17.3 Å². The van der Waals surface area contributed by atoms with Gasteiger partial charge in [0.25, 0.3) is 0 Å². The molecule has 0 spiro atoms. The normalized spacial score (nSPS) is 35.7. The van der Waals surface area contributed by atoms with Gasteiger partial charge < -0.3 is 20.1 Å². The first kappa shape index (κ1) is 10.7. The van der Waals surface area contributed by atoms with Gasteiger partial charge in [-0.15, -0.1) is 0 Å². The summed E-state index contributed by atoms with van der Waals surface area (Å²) >= 11 is 0. The molecule has 1 N–H and O–H groups in total. The van der Waals surface area contributed by atoms with Crippen molar-refractivity contribution >= 4 is 6.09 Å². The highest BCUT2D eigenvalue weighted by molar-refractivity contribution is 5.64. The van der Waals surface area contributed by atoms with Gasteiger partial charge in [0.15, 0.2) is 0 Å². The Hall–Kier alpha value is -0.770. The van der Waals surface area contributed by atoms with Gasteiger partial charge in [-0.1, -0.05) is 20.8 Å². The van der Waals surface area contributed by atoms with Gasteiger partial charge in [0.1, 0.15) is 6.09 Å². The van der Waals surface area contributed by atoms with Crippen molar-refractivity contribution in [3.8, 4) is 0 Å². The van der Waals surface area contributed by atoms with E-state index in [0.717, 1.165) is 13.1 Å². The van der Waals surface area contributed by atoms with Crippen molar-refractivity contribution in [3.05, 3.63) is 0 Å². The average molecular weight is 211 g/mol. The molecule has 2 rings (SSSR count). The van der Waals surface area contributed by atoms with Crippen LogP contribution in [0.3, 0.4) is 0 Å². The summed E-state index contributed by atoms with van der Waals surface area (Å²) in [5.41, 5.74) is -0.00843. The second kappa shape index (κ2) is 3.37. The lowest BCUT2D eigenvalue weighted by atomic mass is 9.78. The Bertz CT molecular complexity index is 272. The number of nitrogens with zero attached hydrogens (tertiary/aromatic N) is 1. The second-order valence-corrected chi connectivity index (χ2v) is 5.81. The summed E-state index contributed by atoms with van der Waals surface area (Å²) in [6, 6.07) is 0.0995. The predicted molar refractivity (Wildman–Crippen MR) is 55.2 cm³/mol. The molecular formula is C11H19N2O2-. The minimum Gasteiger partial charge on any atom is -0.530 e. The van der Waals surface area contributed by atoms with Crippen molar-refractivity contribution in [2.45, 2.75) is 26.8 Å². The maximum Gasteiger partial charge on any atom is 0.137 e. The molecule has 0 aliphatic carbocycles. The third kappa shape index (κ3) is 1.71. The first-order chi connectivity index (χ1) is 6.91. The minimum atomic E-state index is -1.01. The van der Waals surface area contributed by atoms with E-state index in [1.165, 1.54) is 4.90 Å². The Morgan fingerprint density at radius 3 is 2.60 bits per heavy atom. The Kier molecular flexibility index (Phi) is 2.41. The number of carbonyl (C=O) groups is 1. The van der Waals surface area contributed by atoms with Gasteiger partial charge in [0.2, 0.25) is 0 Å². The molecule has 2 saturated heterocycles. The van der Waals surface area contributed by atoms with E-state index in [1.807, 2.05) is 0 Å². The van der Waals surface area contributed by atoms with Crippen LogP contribution in [0.25, 0.3) is 0 Å². The van der Waals surface area contributed by atoms with E-state index in [4.69, 9.17) is 0 Å². The van der Waals surface area contributed by atoms with Crippen molar-refractivity contribution < 1.29 is 9.90 Å². The number of carbonyl (C=O) groups excluding carboxylic acids is 1. The molecule has 0 aromatic carbocycles. The van der Waals surface area contributed by atoms with Crippen LogP contribution in [0.5, 0.6) is 0 Å². The largest absolute Gasteiger partial charge is 0.530 e. The van der Waals surface area contributed by atoms with E-state index in [0.29, 0.717) is 18.4 Å². The number of carboxylic acid groups (broad SMARTS) is 1. The van der Waals surface area contributed by atoms with Crippen LogP contribution in [-0.2, 0) is 0 Å². The topological polar surface area (TPSA) is 55.4 Å². The van der Waals surface area contributed by atoms with E-state index in [1.54, 1.807) is 0 Å². The Balaban J connectivity index is 2.25. The first-order valence-electron chi connectivity index (χ1n) is 5.59. The van der Waals surface area contributed by atoms with Gasteiger partial charge >= 0.3 is 0 Å². The quantitative estimate of drug-likeness (QED) is 0.608. The van der Waals surface area contributed by atoms with Crippen molar-refractivity contribution in [1.29, 1.82) is 0 Å². The molecule has 3 unspecified atom stereocenters. The fraction of sp³-hybridized carbons (Fsp3) is 0.909. The number of rotatable bonds is 0.